The first kappa shape index (κ1) is 13.8. The second-order valence-electron chi connectivity index (χ2n) is 5.01. The number of amides is 2. The van der Waals surface area contributed by atoms with Crippen molar-refractivity contribution in [1.82, 2.24) is 0 Å². The van der Waals surface area contributed by atoms with Crippen LogP contribution in [-0.4, -0.2) is 11.8 Å². The molecule has 0 fully saturated rings. The minimum Gasteiger partial charge on any atom is -0.326 e. The normalized spacial score (nSPS) is 12.8. The first-order valence-electron chi connectivity index (χ1n) is 6.53. The average Bonchev–Trinajstić information content (AvgIpc) is 2.82. The van der Waals surface area contributed by atoms with Crippen molar-refractivity contribution in [1.29, 1.82) is 0 Å². The Bertz CT molecular complexity index is 756. The molecule has 1 heterocycles. The zero-order valence-electron chi connectivity index (χ0n) is 11.4. The zero-order valence-corrected chi connectivity index (χ0v) is 13.0. The minimum absolute atomic E-state index is 0.0370. The van der Waals surface area contributed by atoms with Crippen molar-refractivity contribution >= 4 is 39.1 Å². The van der Waals surface area contributed by atoms with E-state index in [1.807, 2.05) is 25.1 Å². The number of rotatable bonds is 2. The molecule has 0 atom stereocenters. The number of carbonyl (C=O) groups excluding carboxylic acids is 2. The Labute approximate surface area is 130 Å². The van der Waals surface area contributed by atoms with E-state index < -0.39 is 0 Å². The van der Waals surface area contributed by atoms with E-state index in [-0.39, 0.29) is 11.8 Å². The molecule has 21 heavy (non-hydrogen) atoms. The number of nitrogens with one attached hydrogen (secondary N) is 2. The van der Waals surface area contributed by atoms with Gasteiger partial charge in [0.05, 0.1) is 6.42 Å². The summed E-state index contributed by atoms with van der Waals surface area (Å²) in [6.45, 7) is 1.99. The third kappa shape index (κ3) is 2.83. The molecule has 2 N–H and O–H groups in total. The third-order valence-corrected chi connectivity index (χ3v) is 4.28. The molecule has 0 aliphatic carbocycles. The summed E-state index contributed by atoms with van der Waals surface area (Å²) in [7, 11) is 0. The zero-order chi connectivity index (χ0) is 15.0. The van der Waals surface area contributed by atoms with Gasteiger partial charge in [0, 0.05) is 21.4 Å². The quantitative estimate of drug-likeness (QED) is 0.875. The van der Waals surface area contributed by atoms with Gasteiger partial charge in [-0.25, -0.2) is 0 Å². The fourth-order valence-electron chi connectivity index (χ4n) is 2.24. The number of anilines is 2. The topological polar surface area (TPSA) is 58.2 Å². The van der Waals surface area contributed by atoms with Crippen molar-refractivity contribution in [3.05, 3.63) is 57.6 Å². The summed E-state index contributed by atoms with van der Waals surface area (Å²) in [5.41, 5.74) is 4.02. The van der Waals surface area contributed by atoms with Crippen LogP contribution in [0.25, 0.3) is 0 Å². The van der Waals surface area contributed by atoms with Crippen molar-refractivity contribution in [2.24, 2.45) is 0 Å². The lowest BCUT2D eigenvalue weighted by Crippen LogP contribution is -2.12. The predicted molar refractivity (Wildman–Crippen MR) is 85.6 cm³/mol. The first-order chi connectivity index (χ1) is 10.0. The molecular weight excluding hydrogens is 332 g/mol. The summed E-state index contributed by atoms with van der Waals surface area (Å²) in [4.78, 5) is 23.6. The van der Waals surface area contributed by atoms with E-state index in [9.17, 15) is 9.59 Å². The van der Waals surface area contributed by atoms with Crippen LogP contribution in [0, 0.1) is 6.92 Å². The lowest BCUT2D eigenvalue weighted by atomic mass is 10.1. The summed E-state index contributed by atoms with van der Waals surface area (Å²) < 4.78 is 0.948. The van der Waals surface area contributed by atoms with E-state index in [1.165, 1.54) is 0 Å². The summed E-state index contributed by atoms with van der Waals surface area (Å²) in [6.07, 6.45) is 0.326. The highest BCUT2D eigenvalue weighted by molar-refractivity contribution is 9.10. The standard InChI is InChI=1S/C16H13BrN2O2/c1-9-2-4-12(8-13(9)17)18-16(21)10-3-5-14-11(6-10)7-15(20)19-14/h2-6,8H,7H2,1H3,(H,18,21)(H,19,20). The first-order valence-corrected chi connectivity index (χ1v) is 7.32. The number of benzene rings is 2. The molecule has 2 amide bonds. The molecule has 106 valence electrons. The summed E-state index contributed by atoms with van der Waals surface area (Å²) in [5.74, 6) is -0.224. The van der Waals surface area contributed by atoms with Gasteiger partial charge in [-0.3, -0.25) is 9.59 Å². The van der Waals surface area contributed by atoms with Crippen LogP contribution in [0.5, 0.6) is 0 Å². The van der Waals surface area contributed by atoms with E-state index >= 15 is 0 Å². The lowest BCUT2D eigenvalue weighted by Gasteiger charge is -2.08. The molecule has 5 heteroatoms. The van der Waals surface area contributed by atoms with Crippen molar-refractivity contribution in [3.8, 4) is 0 Å². The largest absolute Gasteiger partial charge is 0.326 e. The van der Waals surface area contributed by atoms with E-state index in [1.54, 1.807) is 18.2 Å². The molecule has 0 spiro atoms. The number of hydrogen-bond donors (Lipinski definition) is 2. The lowest BCUT2D eigenvalue weighted by molar-refractivity contribution is -0.115. The maximum absolute atomic E-state index is 12.3. The second kappa shape index (κ2) is 5.33. The van der Waals surface area contributed by atoms with Crippen molar-refractivity contribution in [3.63, 3.8) is 0 Å². The Morgan fingerprint density at radius 2 is 2.05 bits per heavy atom. The van der Waals surface area contributed by atoms with Crippen molar-refractivity contribution in [2.75, 3.05) is 10.6 Å². The highest BCUT2D eigenvalue weighted by atomic mass is 79.9. The van der Waals surface area contributed by atoms with Gasteiger partial charge in [-0.15, -0.1) is 0 Å². The van der Waals surface area contributed by atoms with Gasteiger partial charge in [-0.1, -0.05) is 22.0 Å². The van der Waals surface area contributed by atoms with Crippen LogP contribution in [0.3, 0.4) is 0 Å². The monoisotopic (exact) mass is 344 g/mol. The van der Waals surface area contributed by atoms with Crippen LogP contribution >= 0.6 is 15.9 Å². The van der Waals surface area contributed by atoms with Crippen LogP contribution in [0.4, 0.5) is 11.4 Å². The van der Waals surface area contributed by atoms with Gasteiger partial charge in [-0.2, -0.15) is 0 Å². The van der Waals surface area contributed by atoms with Crippen molar-refractivity contribution in [2.45, 2.75) is 13.3 Å². The van der Waals surface area contributed by atoms with Crippen LogP contribution in [0.15, 0.2) is 40.9 Å². The molecule has 0 saturated carbocycles. The molecule has 1 aliphatic heterocycles. The fourth-order valence-corrected chi connectivity index (χ4v) is 2.62. The third-order valence-electron chi connectivity index (χ3n) is 3.42. The smallest absolute Gasteiger partial charge is 0.255 e. The minimum atomic E-state index is -0.187. The van der Waals surface area contributed by atoms with Gasteiger partial charge in [0.15, 0.2) is 0 Å². The summed E-state index contributed by atoms with van der Waals surface area (Å²) >= 11 is 3.44. The van der Waals surface area contributed by atoms with E-state index in [0.717, 1.165) is 27.0 Å². The Morgan fingerprint density at radius 3 is 2.81 bits per heavy atom. The van der Waals surface area contributed by atoms with E-state index in [2.05, 4.69) is 26.6 Å². The van der Waals surface area contributed by atoms with E-state index in [0.29, 0.717) is 12.0 Å². The summed E-state index contributed by atoms with van der Waals surface area (Å²) in [6, 6.07) is 10.9. The molecule has 1 aliphatic rings. The van der Waals surface area contributed by atoms with Gasteiger partial charge in [0.2, 0.25) is 5.91 Å². The summed E-state index contributed by atoms with van der Waals surface area (Å²) in [5, 5.41) is 5.60. The Balaban J connectivity index is 1.81. The Hall–Kier alpha value is -2.14. The Morgan fingerprint density at radius 1 is 1.24 bits per heavy atom. The molecule has 0 radical (unpaired) electrons. The highest BCUT2D eigenvalue weighted by Crippen LogP contribution is 2.25. The molecule has 4 nitrogen and oxygen atoms in total. The fraction of sp³-hybridized carbons (Fsp3) is 0.125. The van der Waals surface area contributed by atoms with Gasteiger partial charge in [0.25, 0.3) is 5.91 Å². The molecule has 0 bridgehead atoms. The molecule has 3 rings (SSSR count). The number of aryl methyl sites for hydroxylation is 1. The van der Waals surface area contributed by atoms with Crippen molar-refractivity contribution < 1.29 is 9.59 Å². The number of hydrogen-bond acceptors (Lipinski definition) is 2. The van der Waals surface area contributed by atoms with Crippen LogP contribution in [-0.2, 0) is 11.2 Å². The average molecular weight is 345 g/mol. The maximum atomic E-state index is 12.3. The Kier molecular flexibility index (Phi) is 3.51. The molecule has 0 unspecified atom stereocenters. The number of carbonyl (C=O) groups is 2. The van der Waals surface area contributed by atoms with Crippen LogP contribution in [0.2, 0.25) is 0 Å². The molecule has 0 aromatic heterocycles. The molecular formula is C16H13BrN2O2. The van der Waals surface area contributed by atoms with Gasteiger partial charge >= 0.3 is 0 Å². The van der Waals surface area contributed by atoms with Gasteiger partial charge in [0.1, 0.15) is 0 Å². The van der Waals surface area contributed by atoms with Crippen LogP contribution < -0.4 is 10.6 Å². The van der Waals surface area contributed by atoms with Gasteiger partial charge < -0.3 is 10.6 Å². The predicted octanol–water partition coefficient (Wildman–Crippen LogP) is 3.50. The second-order valence-corrected chi connectivity index (χ2v) is 5.87. The van der Waals surface area contributed by atoms with Gasteiger partial charge in [-0.05, 0) is 48.4 Å². The number of halogens is 1. The number of fused-ring (bicyclic) bond motifs is 1. The SMILES string of the molecule is Cc1ccc(NC(=O)c2ccc3c(c2)CC(=O)N3)cc1Br. The van der Waals surface area contributed by atoms with E-state index in [4.69, 9.17) is 0 Å². The molecule has 2 aromatic rings. The highest BCUT2D eigenvalue weighted by Gasteiger charge is 2.19. The van der Waals surface area contributed by atoms with Crippen LogP contribution in [0.1, 0.15) is 21.5 Å². The maximum Gasteiger partial charge on any atom is 0.255 e. The molecule has 0 saturated heterocycles. The molecule has 2 aromatic carbocycles.